The predicted molar refractivity (Wildman–Crippen MR) is 56.5 cm³/mol. The highest BCUT2D eigenvalue weighted by Gasteiger charge is 2.13. The average Bonchev–Trinajstić information content (AvgIpc) is 2.71. The number of hydrogen-bond donors (Lipinski definition) is 2. The number of anilines is 1. The third kappa shape index (κ3) is 1.82. The lowest BCUT2D eigenvalue weighted by atomic mass is 10.2. The Morgan fingerprint density at radius 1 is 1.50 bits per heavy atom. The summed E-state index contributed by atoms with van der Waals surface area (Å²) in [6.07, 6.45) is 0. The number of methoxy groups -OCH3 is 1. The van der Waals surface area contributed by atoms with Crippen molar-refractivity contribution >= 4 is 5.69 Å². The molecule has 1 heterocycles. The second-order valence-corrected chi connectivity index (χ2v) is 3.19. The van der Waals surface area contributed by atoms with E-state index in [0.717, 1.165) is 0 Å². The SMILES string of the molecule is COCc1noc(-c2cccc(N)c2O)n1. The fourth-order valence-electron chi connectivity index (χ4n) is 1.29. The smallest absolute Gasteiger partial charge is 0.261 e. The van der Waals surface area contributed by atoms with E-state index in [1.165, 1.54) is 7.11 Å². The van der Waals surface area contributed by atoms with Crippen molar-refractivity contribution in [2.24, 2.45) is 0 Å². The number of hydrogen-bond acceptors (Lipinski definition) is 6. The van der Waals surface area contributed by atoms with Crippen LogP contribution in [-0.2, 0) is 11.3 Å². The molecule has 1 aromatic heterocycles. The van der Waals surface area contributed by atoms with E-state index in [1.54, 1.807) is 18.2 Å². The lowest BCUT2D eigenvalue weighted by Gasteiger charge is -2.01. The fourth-order valence-corrected chi connectivity index (χ4v) is 1.29. The van der Waals surface area contributed by atoms with Crippen molar-refractivity contribution in [2.45, 2.75) is 6.61 Å². The van der Waals surface area contributed by atoms with Crippen molar-refractivity contribution in [3.63, 3.8) is 0 Å². The molecule has 0 aliphatic heterocycles. The van der Waals surface area contributed by atoms with Crippen molar-refractivity contribution in [1.29, 1.82) is 0 Å². The number of para-hydroxylation sites is 1. The molecule has 0 aliphatic carbocycles. The van der Waals surface area contributed by atoms with Gasteiger partial charge in [-0.15, -0.1) is 0 Å². The van der Waals surface area contributed by atoms with Crippen LogP contribution in [0.25, 0.3) is 11.5 Å². The molecule has 0 fully saturated rings. The number of aromatic hydroxyl groups is 1. The summed E-state index contributed by atoms with van der Waals surface area (Å²) in [5, 5.41) is 13.4. The molecule has 0 amide bonds. The summed E-state index contributed by atoms with van der Waals surface area (Å²) in [5.74, 6) is 0.575. The van der Waals surface area contributed by atoms with Crippen molar-refractivity contribution < 1.29 is 14.4 Å². The number of ether oxygens (including phenoxy) is 1. The van der Waals surface area contributed by atoms with Gasteiger partial charge in [0.25, 0.3) is 5.89 Å². The summed E-state index contributed by atoms with van der Waals surface area (Å²) in [7, 11) is 1.54. The molecule has 1 aromatic carbocycles. The van der Waals surface area contributed by atoms with Crippen LogP contribution in [0, 0.1) is 0 Å². The van der Waals surface area contributed by atoms with Gasteiger partial charge in [-0.3, -0.25) is 0 Å². The van der Waals surface area contributed by atoms with E-state index in [9.17, 15) is 5.11 Å². The van der Waals surface area contributed by atoms with Crippen molar-refractivity contribution in [3.05, 3.63) is 24.0 Å². The monoisotopic (exact) mass is 221 g/mol. The van der Waals surface area contributed by atoms with E-state index in [4.69, 9.17) is 15.0 Å². The molecule has 16 heavy (non-hydrogen) atoms. The molecule has 0 unspecified atom stereocenters. The zero-order chi connectivity index (χ0) is 11.5. The van der Waals surface area contributed by atoms with Gasteiger partial charge in [0.1, 0.15) is 6.61 Å². The van der Waals surface area contributed by atoms with Crippen LogP contribution < -0.4 is 5.73 Å². The van der Waals surface area contributed by atoms with Gasteiger partial charge in [-0.1, -0.05) is 11.2 Å². The summed E-state index contributed by atoms with van der Waals surface area (Å²) in [5.41, 5.74) is 6.24. The van der Waals surface area contributed by atoms with Gasteiger partial charge < -0.3 is 20.1 Å². The summed E-state index contributed by atoms with van der Waals surface area (Å²) in [6, 6.07) is 4.94. The Morgan fingerprint density at radius 2 is 2.31 bits per heavy atom. The molecule has 0 aliphatic rings. The van der Waals surface area contributed by atoms with Gasteiger partial charge in [0.2, 0.25) is 0 Å². The van der Waals surface area contributed by atoms with E-state index >= 15 is 0 Å². The van der Waals surface area contributed by atoms with Crippen molar-refractivity contribution in [3.8, 4) is 17.2 Å². The maximum Gasteiger partial charge on any atom is 0.261 e. The van der Waals surface area contributed by atoms with Crippen LogP contribution in [0.2, 0.25) is 0 Å². The highest BCUT2D eigenvalue weighted by atomic mass is 16.5. The van der Waals surface area contributed by atoms with Crippen LogP contribution in [0.3, 0.4) is 0 Å². The zero-order valence-electron chi connectivity index (χ0n) is 8.67. The Morgan fingerprint density at radius 3 is 3.06 bits per heavy atom. The maximum atomic E-state index is 9.71. The number of nitrogens with two attached hydrogens (primary N) is 1. The summed E-state index contributed by atoms with van der Waals surface area (Å²) >= 11 is 0. The number of aromatic nitrogens is 2. The van der Waals surface area contributed by atoms with Crippen LogP contribution in [0.5, 0.6) is 5.75 Å². The largest absolute Gasteiger partial charge is 0.505 e. The second-order valence-electron chi connectivity index (χ2n) is 3.19. The minimum atomic E-state index is -0.0601. The highest BCUT2D eigenvalue weighted by Crippen LogP contribution is 2.32. The molecule has 0 saturated carbocycles. The number of phenolic OH excluding ortho intramolecular Hbond substituents is 1. The first-order chi connectivity index (χ1) is 7.72. The molecule has 6 nitrogen and oxygen atoms in total. The van der Waals surface area contributed by atoms with Crippen LogP contribution in [0.4, 0.5) is 5.69 Å². The first-order valence-corrected chi connectivity index (χ1v) is 4.61. The lowest BCUT2D eigenvalue weighted by molar-refractivity contribution is 0.174. The Balaban J connectivity index is 2.39. The molecule has 2 aromatic rings. The molecule has 0 spiro atoms. The van der Waals surface area contributed by atoms with Gasteiger partial charge >= 0.3 is 0 Å². The Labute approximate surface area is 91.7 Å². The Hall–Kier alpha value is -2.08. The quantitative estimate of drug-likeness (QED) is 0.596. The average molecular weight is 221 g/mol. The van der Waals surface area contributed by atoms with Gasteiger partial charge in [-0.2, -0.15) is 4.98 Å². The molecule has 0 atom stereocenters. The van der Waals surface area contributed by atoms with Gasteiger partial charge in [-0.05, 0) is 12.1 Å². The molecule has 0 radical (unpaired) electrons. The lowest BCUT2D eigenvalue weighted by Crippen LogP contribution is -1.90. The number of nitrogen functional groups attached to an aromatic ring is 1. The molecule has 3 N–H and O–H groups in total. The first kappa shape index (κ1) is 10.4. The molecular formula is C10H11N3O3. The maximum absolute atomic E-state index is 9.71. The normalized spacial score (nSPS) is 10.6. The van der Waals surface area contributed by atoms with Crippen molar-refractivity contribution in [1.82, 2.24) is 10.1 Å². The minimum Gasteiger partial charge on any atom is -0.505 e. The Kier molecular flexibility index (Phi) is 2.74. The topological polar surface area (TPSA) is 94.4 Å². The minimum absolute atomic E-state index is 0.0601. The molecule has 6 heteroatoms. The number of phenols is 1. The Bertz CT molecular complexity index is 496. The van der Waals surface area contributed by atoms with Gasteiger partial charge in [0.05, 0.1) is 11.3 Å². The van der Waals surface area contributed by atoms with E-state index in [0.29, 0.717) is 11.4 Å². The number of nitrogens with zero attached hydrogens (tertiary/aromatic N) is 2. The zero-order valence-corrected chi connectivity index (χ0v) is 8.67. The molecule has 84 valence electrons. The van der Waals surface area contributed by atoms with E-state index in [2.05, 4.69) is 10.1 Å². The summed E-state index contributed by atoms with van der Waals surface area (Å²) < 4.78 is 9.84. The number of rotatable bonds is 3. The highest BCUT2D eigenvalue weighted by molar-refractivity contribution is 5.71. The third-order valence-corrected chi connectivity index (χ3v) is 2.04. The predicted octanol–water partition coefficient (Wildman–Crippen LogP) is 1.17. The molecule has 0 saturated heterocycles. The standard InChI is InChI=1S/C10H11N3O3/c1-15-5-8-12-10(16-13-8)6-3-2-4-7(11)9(6)14/h2-4,14H,5,11H2,1H3. The van der Waals surface area contributed by atoms with Gasteiger partial charge in [-0.25, -0.2) is 0 Å². The first-order valence-electron chi connectivity index (χ1n) is 4.61. The van der Waals surface area contributed by atoms with E-state index in [1.807, 2.05) is 0 Å². The van der Waals surface area contributed by atoms with Gasteiger partial charge in [0, 0.05) is 7.11 Å². The van der Waals surface area contributed by atoms with Crippen LogP contribution in [-0.4, -0.2) is 22.4 Å². The second kappa shape index (κ2) is 4.19. The van der Waals surface area contributed by atoms with Crippen LogP contribution >= 0.6 is 0 Å². The van der Waals surface area contributed by atoms with Crippen molar-refractivity contribution in [2.75, 3.05) is 12.8 Å². The van der Waals surface area contributed by atoms with E-state index in [-0.39, 0.29) is 23.9 Å². The summed E-state index contributed by atoms with van der Waals surface area (Å²) in [4.78, 5) is 4.05. The number of benzene rings is 1. The van der Waals surface area contributed by atoms with Crippen LogP contribution in [0.1, 0.15) is 5.82 Å². The van der Waals surface area contributed by atoms with Gasteiger partial charge in [0.15, 0.2) is 11.6 Å². The summed E-state index contributed by atoms with van der Waals surface area (Å²) in [6.45, 7) is 0.257. The molecule has 0 bridgehead atoms. The fraction of sp³-hybridized carbons (Fsp3) is 0.200. The molecule has 2 rings (SSSR count). The van der Waals surface area contributed by atoms with E-state index < -0.39 is 0 Å². The van der Waals surface area contributed by atoms with Crippen LogP contribution in [0.15, 0.2) is 22.7 Å². The third-order valence-electron chi connectivity index (χ3n) is 2.04. The molecular weight excluding hydrogens is 210 g/mol.